The molecule has 126 valence electrons. The smallest absolute Gasteiger partial charge is 0.308 e. The van der Waals surface area contributed by atoms with Gasteiger partial charge in [0.25, 0.3) is 5.56 Å². The highest BCUT2D eigenvalue weighted by Crippen LogP contribution is 2.19. The van der Waals surface area contributed by atoms with Crippen molar-refractivity contribution in [3.63, 3.8) is 0 Å². The number of carboxylic acids is 1. The molecule has 0 spiro atoms. The number of rotatable bonds is 3. The number of aliphatic carboxylic acids is 1. The SMILES string of the molecule is Cn1nc(CC(=O)N2CCCC(C(=O)O)C2)c2ccccc2c1=O. The van der Waals surface area contributed by atoms with Gasteiger partial charge in [-0.25, -0.2) is 4.68 Å². The molecule has 1 aliphatic heterocycles. The normalized spacial score (nSPS) is 17.9. The molecule has 1 aromatic heterocycles. The number of aryl methyl sites for hydroxylation is 1. The van der Waals surface area contributed by atoms with E-state index in [1.165, 1.54) is 4.68 Å². The third-order valence-electron chi connectivity index (χ3n) is 4.48. The summed E-state index contributed by atoms with van der Waals surface area (Å²) in [7, 11) is 1.56. The van der Waals surface area contributed by atoms with Crippen molar-refractivity contribution in [2.75, 3.05) is 13.1 Å². The predicted molar refractivity (Wildman–Crippen MR) is 87.6 cm³/mol. The quantitative estimate of drug-likeness (QED) is 0.899. The van der Waals surface area contributed by atoms with Crippen LogP contribution in [0.25, 0.3) is 10.8 Å². The zero-order chi connectivity index (χ0) is 17.3. The van der Waals surface area contributed by atoms with E-state index in [1.807, 2.05) is 0 Å². The van der Waals surface area contributed by atoms with Crippen molar-refractivity contribution in [3.8, 4) is 0 Å². The Bertz CT molecular complexity index is 859. The standard InChI is InChI=1S/C17H19N3O4/c1-19-16(22)13-7-3-2-6-12(13)14(18-19)9-15(21)20-8-4-5-11(10-20)17(23)24/h2-3,6-7,11H,4-5,8-10H2,1H3,(H,23,24). The fourth-order valence-electron chi connectivity index (χ4n) is 3.17. The Hall–Kier alpha value is -2.70. The summed E-state index contributed by atoms with van der Waals surface area (Å²) < 4.78 is 1.24. The van der Waals surface area contributed by atoms with Gasteiger partial charge in [-0.05, 0) is 18.9 Å². The summed E-state index contributed by atoms with van der Waals surface area (Å²) >= 11 is 0. The van der Waals surface area contributed by atoms with E-state index in [9.17, 15) is 14.4 Å². The molecule has 2 aromatic rings. The molecule has 1 atom stereocenters. The Morgan fingerprint density at radius 2 is 2.00 bits per heavy atom. The van der Waals surface area contributed by atoms with Crippen molar-refractivity contribution in [2.45, 2.75) is 19.3 Å². The Morgan fingerprint density at radius 1 is 1.29 bits per heavy atom. The maximum absolute atomic E-state index is 12.6. The highest BCUT2D eigenvalue weighted by Gasteiger charge is 2.28. The van der Waals surface area contributed by atoms with E-state index in [4.69, 9.17) is 5.11 Å². The minimum atomic E-state index is -0.863. The predicted octanol–water partition coefficient (Wildman–Crippen LogP) is 0.799. The number of carbonyl (C=O) groups excluding carboxylic acids is 1. The summed E-state index contributed by atoms with van der Waals surface area (Å²) in [4.78, 5) is 37.4. The lowest BCUT2D eigenvalue weighted by Crippen LogP contribution is -2.43. The Labute approximate surface area is 138 Å². The second kappa shape index (κ2) is 6.43. The first kappa shape index (κ1) is 16.2. The molecule has 2 heterocycles. The second-order valence-electron chi connectivity index (χ2n) is 6.11. The van der Waals surface area contributed by atoms with Crippen molar-refractivity contribution >= 4 is 22.6 Å². The largest absolute Gasteiger partial charge is 0.481 e. The number of hydrogen-bond acceptors (Lipinski definition) is 4. The van der Waals surface area contributed by atoms with Gasteiger partial charge >= 0.3 is 5.97 Å². The lowest BCUT2D eigenvalue weighted by molar-refractivity contribution is -0.145. The van der Waals surface area contributed by atoms with Crippen LogP contribution in [0.1, 0.15) is 18.5 Å². The summed E-state index contributed by atoms with van der Waals surface area (Å²) in [6.07, 6.45) is 1.34. The molecule has 1 N–H and O–H groups in total. The van der Waals surface area contributed by atoms with Crippen LogP contribution in [-0.4, -0.2) is 44.8 Å². The molecule has 1 fully saturated rings. The van der Waals surface area contributed by atoms with Gasteiger partial charge in [0.15, 0.2) is 0 Å². The molecular formula is C17H19N3O4. The number of amides is 1. The highest BCUT2D eigenvalue weighted by molar-refractivity contribution is 5.88. The first-order valence-electron chi connectivity index (χ1n) is 7.93. The molecule has 1 unspecified atom stereocenters. The van der Waals surface area contributed by atoms with E-state index in [0.717, 1.165) is 0 Å². The fraction of sp³-hybridized carbons (Fsp3) is 0.412. The number of likely N-dealkylation sites (tertiary alicyclic amines) is 1. The lowest BCUT2D eigenvalue weighted by Gasteiger charge is -2.30. The molecule has 24 heavy (non-hydrogen) atoms. The zero-order valence-corrected chi connectivity index (χ0v) is 13.4. The summed E-state index contributed by atoms with van der Waals surface area (Å²) in [6, 6.07) is 7.08. The maximum Gasteiger partial charge on any atom is 0.308 e. The van der Waals surface area contributed by atoms with Gasteiger partial charge in [0.1, 0.15) is 0 Å². The van der Waals surface area contributed by atoms with E-state index in [1.54, 1.807) is 36.2 Å². The van der Waals surface area contributed by atoms with E-state index < -0.39 is 11.9 Å². The van der Waals surface area contributed by atoms with E-state index in [0.29, 0.717) is 35.9 Å². The number of benzene rings is 1. The van der Waals surface area contributed by atoms with Gasteiger partial charge in [-0.2, -0.15) is 5.10 Å². The number of nitrogens with zero attached hydrogens (tertiary/aromatic N) is 3. The molecule has 0 saturated carbocycles. The van der Waals surface area contributed by atoms with Gasteiger partial charge < -0.3 is 10.0 Å². The number of piperidine rings is 1. The van der Waals surface area contributed by atoms with E-state index in [-0.39, 0.29) is 24.4 Å². The molecule has 7 heteroatoms. The number of fused-ring (bicyclic) bond motifs is 1. The van der Waals surface area contributed by atoms with Crippen LogP contribution in [0.2, 0.25) is 0 Å². The van der Waals surface area contributed by atoms with Crippen LogP contribution < -0.4 is 5.56 Å². The minimum absolute atomic E-state index is 0.0565. The van der Waals surface area contributed by atoms with Gasteiger partial charge in [-0.1, -0.05) is 18.2 Å². The number of carboxylic acid groups (broad SMARTS) is 1. The van der Waals surface area contributed by atoms with E-state index in [2.05, 4.69) is 5.10 Å². The van der Waals surface area contributed by atoms with Crippen molar-refractivity contribution < 1.29 is 14.7 Å². The monoisotopic (exact) mass is 329 g/mol. The molecule has 0 radical (unpaired) electrons. The molecule has 7 nitrogen and oxygen atoms in total. The molecule has 3 rings (SSSR count). The summed E-state index contributed by atoms with van der Waals surface area (Å²) in [5.41, 5.74) is 0.334. The van der Waals surface area contributed by atoms with Crippen molar-refractivity contribution in [2.24, 2.45) is 13.0 Å². The fourth-order valence-corrected chi connectivity index (χ4v) is 3.17. The van der Waals surface area contributed by atoms with Crippen LogP contribution in [0.15, 0.2) is 29.1 Å². The van der Waals surface area contributed by atoms with Crippen molar-refractivity contribution in [1.82, 2.24) is 14.7 Å². The van der Waals surface area contributed by atoms with E-state index >= 15 is 0 Å². The van der Waals surface area contributed by atoms with Gasteiger partial charge in [-0.15, -0.1) is 0 Å². The molecule has 1 aromatic carbocycles. The highest BCUT2D eigenvalue weighted by atomic mass is 16.4. The topological polar surface area (TPSA) is 92.5 Å². The van der Waals surface area contributed by atoms with Gasteiger partial charge in [0.05, 0.1) is 23.4 Å². The third kappa shape index (κ3) is 3.02. The molecule has 1 amide bonds. The van der Waals surface area contributed by atoms with Gasteiger partial charge in [0.2, 0.25) is 5.91 Å². The number of aromatic nitrogens is 2. The average Bonchev–Trinajstić information content (AvgIpc) is 2.59. The van der Waals surface area contributed by atoms with Crippen LogP contribution in [0, 0.1) is 5.92 Å². The zero-order valence-electron chi connectivity index (χ0n) is 13.4. The minimum Gasteiger partial charge on any atom is -0.481 e. The van der Waals surface area contributed by atoms with Gasteiger partial charge in [-0.3, -0.25) is 14.4 Å². The number of hydrogen-bond donors (Lipinski definition) is 1. The summed E-state index contributed by atoms with van der Waals surface area (Å²) in [5.74, 6) is -1.53. The van der Waals surface area contributed by atoms with Crippen LogP contribution >= 0.6 is 0 Å². The second-order valence-corrected chi connectivity index (χ2v) is 6.11. The molecular weight excluding hydrogens is 310 g/mol. The van der Waals surface area contributed by atoms with Crippen LogP contribution in [-0.2, 0) is 23.1 Å². The summed E-state index contributed by atoms with van der Waals surface area (Å²) in [6.45, 7) is 0.796. The Kier molecular flexibility index (Phi) is 4.33. The molecule has 0 bridgehead atoms. The van der Waals surface area contributed by atoms with Crippen LogP contribution in [0.5, 0.6) is 0 Å². The molecule has 1 aliphatic rings. The number of carbonyl (C=O) groups is 2. The van der Waals surface area contributed by atoms with Crippen LogP contribution in [0.4, 0.5) is 0 Å². The maximum atomic E-state index is 12.6. The first-order chi connectivity index (χ1) is 11.5. The first-order valence-corrected chi connectivity index (χ1v) is 7.93. The Morgan fingerprint density at radius 3 is 2.71 bits per heavy atom. The lowest BCUT2D eigenvalue weighted by atomic mass is 9.98. The molecule has 0 aliphatic carbocycles. The summed E-state index contributed by atoms with van der Waals surface area (Å²) in [5, 5.41) is 14.6. The third-order valence-corrected chi connectivity index (χ3v) is 4.48. The Balaban J connectivity index is 1.87. The van der Waals surface area contributed by atoms with Crippen molar-refractivity contribution in [3.05, 3.63) is 40.3 Å². The van der Waals surface area contributed by atoms with Crippen LogP contribution in [0.3, 0.4) is 0 Å². The molecule has 1 saturated heterocycles. The van der Waals surface area contributed by atoms with Gasteiger partial charge in [0, 0.05) is 25.5 Å². The van der Waals surface area contributed by atoms with Crippen molar-refractivity contribution in [1.29, 1.82) is 0 Å². The average molecular weight is 329 g/mol.